The summed E-state index contributed by atoms with van der Waals surface area (Å²) in [5, 5.41) is 10.7. The fourth-order valence-electron chi connectivity index (χ4n) is 2.76. The van der Waals surface area contributed by atoms with E-state index in [1.165, 1.54) is 25.6 Å². The Hall–Kier alpha value is -1.24. The molecule has 0 aliphatic heterocycles. The SMILES string of the molecule is CCS[C@@H]1CCCC[C@@H]1NC(=O)N[C@H](C)Cn1cncn1. The van der Waals surface area contributed by atoms with Gasteiger partial charge in [0.25, 0.3) is 0 Å². The first-order valence-electron chi connectivity index (χ1n) is 7.70. The van der Waals surface area contributed by atoms with Crippen molar-refractivity contribution in [2.24, 2.45) is 0 Å². The molecule has 0 aromatic carbocycles. The summed E-state index contributed by atoms with van der Waals surface area (Å²) < 4.78 is 1.72. The molecule has 1 aliphatic carbocycles. The lowest BCUT2D eigenvalue weighted by Gasteiger charge is -2.32. The van der Waals surface area contributed by atoms with Gasteiger partial charge < -0.3 is 10.6 Å². The van der Waals surface area contributed by atoms with Gasteiger partial charge in [0.05, 0.1) is 6.54 Å². The first-order chi connectivity index (χ1) is 10.2. The maximum Gasteiger partial charge on any atom is 0.315 e. The zero-order chi connectivity index (χ0) is 15.1. The second-order valence-corrected chi connectivity index (χ2v) is 7.04. The van der Waals surface area contributed by atoms with E-state index >= 15 is 0 Å². The summed E-state index contributed by atoms with van der Waals surface area (Å²) in [4.78, 5) is 16.0. The summed E-state index contributed by atoms with van der Waals surface area (Å²) >= 11 is 1.96. The molecule has 3 atom stereocenters. The number of carbonyl (C=O) groups excluding carboxylic acids is 1. The zero-order valence-electron chi connectivity index (χ0n) is 12.8. The molecule has 2 N–H and O–H groups in total. The van der Waals surface area contributed by atoms with E-state index in [2.05, 4.69) is 27.6 Å². The van der Waals surface area contributed by atoms with Crippen LogP contribution in [-0.2, 0) is 6.54 Å². The second kappa shape index (κ2) is 8.26. The van der Waals surface area contributed by atoms with Gasteiger partial charge in [0, 0.05) is 17.3 Å². The molecule has 1 aliphatic rings. The van der Waals surface area contributed by atoms with Crippen LogP contribution in [0, 0.1) is 0 Å². The Bertz CT molecular complexity index is 423. The maximum absolute atomic E-state index is 12.1. The molecule has 2 rings (SSSR count). The number of hydrogen-bond acceptors (Lipinski definition) is 4. The number of nitrogens with zero attached hydrogens (tertiary/aromatic N) is 3. The highest BCUT2D eigenvalue weighted by Gasteiger charge is 2.26. The zero-order valence-corrected chi connectivity index (χ0v) is 13.6. The van der Waals surface area contributed by atoms with Crippen molar-refractivity contribution in [3.05, 3.63) is 12.7 Å². The van der Waals surface area contributed by atoms with E-state index in [-0.39, 0.29) is 12.1 Å². The van der Waals surface area contributed by atoms with Gasteiger partial charge >= 0.3 is 6.03 Å². The van der Waals surface area contributed by atoms with Gasteiger partial charge in [-0.2, -0.15) is 16.9 Å². The number of carbonyl (C=O) groups is 1. The number of urea groups is 1. The number of aromatic nitrogens is 3. The Kier molecular flexibility index (Phi) is 6.35. The summed E-state index contributed by atoms with van der Waals surface area (Å²) in [5.41, 5.74) is 0. The molecule has 1 aromatic heterocycles. The lowest BCUT2D eigenvalue weighted by atomic mass is 9.95. The van der Waals surface area contributed by atoms with Gasteiger partial charge in [-0.25, -0.2) is 9.78 Å². The van der Waals surface area contributed by atoms with Crippen molar-refractivity contribution in [2.45, 2.75) is 63.4 Å². The van der Waals surface area contributed by atoms with Gasteiger partial charge in [-0.15, -0.1) is 0 Å². The molecule has 1 heterocycles. The lowest BCUT2D eigenvalue weighted by Crippen LogP contribution is -2.50. The molecule has 7 heteroatoms. The predicted octanol–water partition coefficient (Wildman–Crippen LogP) is 2.03. The molecule has 118 valence electrons. The topological polar surface area (TPSA) is 71.8 Å². The molecule has 0 radical (unpaired) electrons. The van der Waals surface area contributed by atoms with Gasteiger partial charge in [-0.3, -0.25) is 4.68 Å². The number of hydrogen-bond donors (Lipinski definition) is 2. The number of amides is 2. The minimum absolute atomic E-state index is 0.0209. The largest absolute Gasteiger partial charge is 0.334 e. The smallest absolute Gasteiger partial charge is 0.315 e. The highest BCUT2D eigenvalue weighted by atomic mass is 32.2. The predicted molar refractivity (Wildman–Crippen MR) is 85.3 cm³/mol. The summed E-state index contributed by atoms with van der Waals surface area (Å²) in [6.07, 6.45) is 7.94. The summed E-state index contributed by atoms with van der Waals surface area (Å²) in [6.45, 7) is 4.78. The van der Waals surface area contributed by atoms with Crippen LogP contribution in [-0.4, -0.2) is 43.9 Å². The quantitative estimate of drug-likeness (QED) is 0.843. The monoisotopic (exact) mass is 311 g/mol. The molecular weight excluding hydrogens is 286 g/mol. The highest BCUT2D eigenvalue weighted by Crippen LogP contribution is 2.28. The maximum atomic E-state index is 12.1. The van der Waals surface area contributed by atoms with Crippen LogP contribution in [0.5, 0.6) is 0 Å². The van der Waals surface area contributed by atoms with Crippen molar-refractivity contribution >= 4 is 17.8 Å². The minimum Gasteiger partial charge on any atom is -0.334 e. The van der Waals surface area contributed by atoms with Gasteiger partial charge in [-0.05, 0) is 25.5 Å². The third-order valence-electron chi connectivity index (χ3n) is 3.70. The van der Waals surface area contributed by atoms with E-state index in [1.807, 2.05) is 18.7 Å². The van der Waals surface area contributed by atoms with Gasteiger partial charge in [0.2, 0.25) is 0 Å². The lowest BCUT2D eigenvalue weighted by molar-refractivity contribution is 0.228. The molecule has 1 fully saturated rings. The number of nitrogens with one attached hydrogen (secondary N) is 2. The third-order valence-corrected chi connectivity index (χ3v) is 5.03. The van der Waals surface area contributed by atoms with Gasteiger partial charge in [-0.1, -0.05) is 19.8 Å². The molecule has 0 saturated heterocycles. The Morgan fingerprint density at radius 2 is 2.29 bits per heavy atom. The normalized spacial score (nSPS) is 23.5. The highest BCUT2D eigenvalue weighted by molar-refractivity contribution is 7.99. The first kappa shape index (κ1) is 16.1. The molecule has 21 heavy (non-hydrogen) atoms. The first-order valence-corrected chi connectivity index (χ1v) is 8.75. The van der Waals surface area contributed by atoms with E-state index < -0.39 is 0 Å². The summed E-state index contributed by atoms with van der Waals surface area (Å²) in [6, 6.07) is 0.242. The van der Waals surface area contributed by atoms with Crippen LogP contribution in [0.25, 0.3) is 0 Å². The van der Waals surface area contributed by atoms with Crippen LogP contribution < -0.4 is 10.6 Å². The van der Waals surface area contributed by atoms with Crippen molar-refractivity contribution < 1.29 is 4.79 Å². The van der Waals surface area contributed by atoms with E-state index in [9.17, 15) is 4.79 Å². The number of thioether (sulfide) groups is 1. The molecule has 6 nitrogen and oxygen atoms in total. The van der Waals surface area contributed by atoms with E-state index in [0.717, 1.165) is 12.2 Å². The molecule has 0 bridgehead atoms. The molecule has 2 amide bonds. The van der Waals surface area contributed by atoms with Crippen LogP contribution >= 0.6 is 11.8 Å². The van der Waals surface area contributed by atoms with Crippen LogP contribution in [0.2, 0.25) is 0 Å². The van der Waals surface area contributed by atoms with E-state index in [4.69, 9.17) is 0 Å². The fraction of sp³-hybridized carbons (Fsp3) is 0.786. The van der Waals surface area contributed by atoms with Crippen molar-refractivity contribution in [3.63, 3.8) is 0 Å². The summed E-state index contributed by atoms with van der Waals surface area (Å²) in [7, 11) is 0. The summed E-state index contributed by atoms with van der Waals surface area (Å²) in [5.74, 6) is 1.10. The van der Waals surface area contributed by atoms with Gasteiger partial charge in [0.15, 0.2) is 0 Å². The standard InChI is InChI=1S/C14H25N5OS/c1-3-21-13-7-5-4-6-12(13)18-14(20)17-11(2)8-19-10-15-9-16-19/h9-13H,3-8H2,1-2H3,(H2,17,18,20)/t11-,12+,13-/m1/s1. The molecule has 1 saturated carbocycles. The fourth-order valence-corrected chi connectivity index (χ4v) is 3.96. The Morgan fingerprint density at radius 1 is 1.48 bits per heavy atom. The van der Waals surface area contributed by atoms with Crippen LogP contribution in [0.3, 0.4) is 0 Å². The van der Waals surface area contributed by atoms with Crippen LogP contribution in [0.4, 0.5) is 4.79 Å². The average molecular weight is 311 g/mol. The average Bonchev–Trinajstić information content (AvgIpc) is 2.93. The molecule has 0 spiro atoms. The molecule has 0 unspecified atom stereocenters. The molecule has 1 aromatic rings. The minimum atomic E-state index is -0.0729. The van der Waals surface area contributed by atoms with E-state index in [0.29, 0.717) is 17.8 Å². The number of rotatable bonds is 6. The Labute approximate surface area is 130 Å². The van der Waals surface area contributed by atoms with E-state index in [1.54, 1.807) is 11.0 Å². The van der Waals surface area contributed by atoms with Gasteiger partial charge in [0.1, 0.15) is 12.7 Å². The van der Waals surface area contributed by atoms with Crippen molar-refractivity contribution in [1.82, 2.24) is 25.4 Å². The Balaban J connectivity index is 1.77. The van der Waals surface area contributed by atoms with Crippen LogP contribution in [0.15, 0.2) is 12.7 Å². The molecular formula is C14H25N5OS. The Morgan fingerprint density at radius 3 is 3.00 bits per heavy atom. The van der Waals surface area contributed by atoms with Crippen molar-refractivity contribution in [3.8, 4) is 0 Å². The van der Waals surface area contributed by atoms with Crippen LogP contribution in [0.1, 0.15) is 39.5 Å². The van der Waals surface area contributed by atoms with Crippen molar-refractivity contribution in [2.75, 3.05) is 5.75 Å². The second-order valence-electron chi connectivity index (χ2n) is 5.52. The van der Waals surface area contributed by atoms with Crippen molar-refractivity contribution in [1.29, 1.82) is 0 Å². The third kappa shape index (κ3) is 5.22.